The van der Waals surface area contributed by atoms with E-state index in [9.17, 15) is 5.11 Å². The quantitative estimate of drug-likeness (QED) is 0.699. The van der Waals surface area contributed by atoms with E-state index < -0.39 is 6.10 Å². The highest BCUT2D eigenvalue weighted by Gasteiger charge is 2.14. The van der Waals surface area contributed by atoms with Crippen LogP contribution in [0.3, 0.4) is 0 Å². The minimum atomic E-state index is -0.550. The first-order chi connectivity index (χ1) is 6.31. The van der Waals surface area contributed by atoms with E-state index in [-0.39, 0.29) is 6.54 Å². The standard InChI is InChI=1S/C10H13NO2/c11-6-9(12)7-1-2-10-8(5-7)3-4-13-10/h1-2,5,9,12H,3-4,6,11H2/t9-/m1/s1. The Hall–Kier alpha value is -1.06. The van der Waals surface area contributed by atoms with Gasteiger partial charge in [-0.1, -0.05) is 6.07 Å². The molecule has 3 nitrogen and oxygen atoms in total. The Balaban J connectivity index is 2.30. The molecule has 0 aliphatic carbocycles. The fourth-order valence-corrected chi connectivity index (χ4v) is 1.55. The van der Waals surface area contributed by atoms with Gasteiger partial charge >= 0.3 is 0 Å². The van der Waals surface area contributed by atoms with Crippen molar-refractivity contribution in [3.05, 3.63) is 29.3 Å². The van der Waals surface area contributed by atoms with Crippen LogP contribution in [0.4, 0.5) is 0 Å². The topological polar surface area (TPSA) is 55.5 Å². The van der Waals surface area contributed by atoms with Gasteiger partial charge in [0.05, 0.1) is 12.7 Å². The molecule has 1 aliphatic heterocycles. The number of ether oxygens (including phenoxy) is 1. The normalized spacial score (nSPS) is 16.5. The summed E-state index contributed by atoms with van der Waals surface area (Å²) >= 11 is 0. The van der Waals surface area contributed by atoms with Crippen molar-refractivity contribution in [2.45, 2.75) is 12.5 Å². The van der Waals surface area contributed by atoms with Gasteiger partial charge in [-0.25, -0.2) is 0 Å². The Morgan fingerprint density at radius 1 is 1.54 bits per heavy atom. The van der Waals surface area contributed by atoms with Crippen LogP contribution in [0.25, 0.3) is 0 Å². The van der Waals surface area contributed by atoms with Gasteiger partial charge in [0.25, 0.3) is 0 Å². The van der Waals surface area contributed by atoms with Gasteiger partial charge in [-0.2, -0.15) is 0 Å². The second-order valence-corrected chi connectivity index (χ2v) is 3.22. The van der Waals surface area contributed by atoms with Gasteiger partial charge in [0, 0.05) is 13.0 Å². The zero-order chi connectivity index (χ0) is 9.26. The first kappa shape index (κ1) is 8.53. The van der Waals surface area contributed by atoms with Gasteiger partial charge in [-0.3, -0.25) is 0 Å². The van der Waals surface area contributed by atoms with Gasteiger partial charge in [-0.15, -0.1) is 0 Å². The van der Waals surface area contributed by atoms with Gasteiger partial charge < -0.3 is 15.6 Å². The Labute approximate surface area is 77.1 Å². The maximum absolute atomic E-state index is 9.49. The summed E-state index contributed by atoms with van der Waals surface area (Å²) in [7, 11) is 0. The number of hydrogen-bond donors (Lipinski definition) is 2. The number of rotatable bonds is 2. The summed E-state index contributed by atoms with van der Waals surface area (Å²) in [6.07, 6.45) is 0.381. The molecule has 0 saturated carbocycles. The molecule has 13 heavy (non-hydrogen) atoms. The highest BCUT2D eigenvalue weighted by atomic mass is 16.5. The van der Waals surface area contributed by atoms with Crippen molar-refractivity contribution in [3.8, 4) is 5.75 Å². The zero-order valence-electron chi connectivity index (χ0n) is 7.36. The SMILES string of the molecule is NC[C@@H](O)c1ccc2c(c1)CCO2. The number of nitrogens with two attached hydrogens (primary N) is 1. The van der Waals surface area contributed by atoms with E-state index in [4.69, 9.17) is 10.5 Å². The zero-order valence-corrected chi connectivity index (χ0v) is 7.36. The van der Waals surface area contributed by atoms with Crippen LogP contribution in [-0.2, 0) is 6.42 Å². The van der Waals surface area contributed by atoms with Crippen molar-refractivity contribution in [1.29, 1.82) is 0 Å². The average Bonchev–Trinajstić information content (AvgIpc) is 2.63. The third-order valence-electron chi connectivity index (χ3n) is 2.32. The lowest BCUT2D eigenvalue weighted by Gasteiger charge is -2.08. The summed E-state index contributed by atoms with van der Waals surface area (Å²) in [5, 5.41) is 9.49. The molecule has 1 heterocycles. The summed E-state index contributed by atoms with van der Waals surface area (Å²) in [5.74, 6) is 0.938. The highest BCUT2D eigenvalue weighted by Crippen LogP contribution is 2.27. The summed E-state index contributed by atoms with van der Waals surface area (Å²) in [6.45, 7) is 1.01. The molecule has 1 aromatic rings. The summed E-state index contributed by atoms with van der Waals surface area (Å²) in [5.41, 5.74) is 7.42. The Kier molecular flexibility index (Phi) is 2.20. The maximum atomic E-state index is 9.49. The lowest BCUT2D eigenvalue weighted by molar-refractivity contribution is 0.186. The van der Waals surface area contributed by atoms with Gasteiger partial charge in [0.15, 0.2) is 0 Å². The van der Waals surface area contributed by atoms with Crippen LogP contribution in [0.15, 0.2) is 18.2 Å². The van der Waals surface area contributed by atoms with Gasteiger partial charge in [-0.05, 0) is 23.3 Å². The monoisotopic (exact) mass is 179 g/mol. The summed E-state index contributed by atoms with van der Waals surface area (Å²) in [4.78, 5) is 0. The van der Waals surface area contributed by atoms with Gasteiger partial charge in [0.2, 0.25) is 0 Å². The summed E-state index contributed by atoms with van der Waals surface area (Å²) < 4.78 is 5.35. The molecule has 0 bridgehead atoms. The van der Waals surface area contributed by atoms with Crippen LogP contribution >= 0.6 is 0 Å². The fraction of sp³-hybridized carbons (Fsp3) is 0.400. The summed E-state index contributed by atoms with van der Waals surface area (Å²) in [6, 6.07) is 5.73. The van der Waals surface area contributed by atoms with E-state index in [0.717, 1.165) is 24.3 Å². The molecule has 1 atom stereocenters. The van der Waals surface area contributed by atoms with Crippen molar-refractivity contribution in [2.24, 2.45) is 5.73 Å². The van der Waals surface area contributed by atoms with E-state index in [1.807, 2.05) is 18.2 Å². The largest absolute Gasteiger partial charge is 0.493 e. The molecular weight excluding hydrogens is 166 g/mol. The molecule has 70 valence electrons. The van der Waals surface area contributed by atoms with Crippen molar-refractivity contribution in [2.75, 3.05) is 13.2 Å². The minimum Gasteiger partial charge on any atom is -0.493 e. The van der Waals surface area contributed by atoms with Crippen molar-refractivity contribution < 1.29 is 9.84 Å². The van der Waals surface area contributed by atoms with Crippen LogP contribution in [0.5, 0.6) is 5.75 Å². The molecule has 0 saturated heterocycles. The predicted molar refractivity (Wildman–Crippen MR) is 49.7 cm³/mol. The second-order valence-electron chi connectivity index (χ2n) is 3.22. The molecule has 0 unspecified atom stereocenters. The number of hydrogen-bond acceptors (Lipinski definition) is 3. The molecular formula is C10H13NO2. The first-order valence-corrected chi connectivity index (χ1v) is 4.45. The van der Waals surface area contributed by atoms with Crippen LogP contribution < -0.4 is 10.5 Å². The molecule has 3 N–H and O–H groups in total. The maximum Gasteiger partial charge on any atom is 0.122 e. The second kappa shape index (κ2) is 3.36. The van der Waals surface area contributed by atoms with E-state index in [2.05, 4.69) is 0 Å². The average molecular weight is 179 g/mol. The van der Waals surface area contributed by atoms with Crippen molar-refractivity contribution in [1.82, 2.24) is 0 Å². The van der Waals surface area contributed by atoms with E-state index in [1.54, 1.807) is 0 Å². The molecule has 0 fully saturated rings. The third-order valence-corrected chi connectivity index (χ3v) is 2.32. The Bertz CT molecular complexity index is 312. The molecule has 3 heteroatoms. The molecule has 1 aliphatic rings. The molecule has 0 spiro atoms. The predicted octanol–water partition coefficient (Wildman–Crippen LogP) is 0.614. The highest BCUT2D eigenvalue weighted by molar-refractivity contribution is 5.40. The molecule has 0 amide bonds. The molecule has 0 aromatic heterocycles. The Morgan fingerprint density at radius 2 is 2.38 bits per heavy atom. The molecule has 1 aromatic carbocycles. The van der Waals surface area contributed by atoms with Crippen LogP contribution in [0.2, 0.25) is 0 Å². The number of fused-ring (bicyclic) bond motifs is 1. The third kappa shape index (κ3) is 1.53. The molecule has 0 radical (unpaired) electrons. The van der Waals surface area contributed by atoms with Gasteiger partial charge in [0.1, 0.15) is 5.75 Å². The van der Waals surface area contributed by atoms with E-state index >= 15 is 0 Å². The van der Waals surface area contributed by atoms with Crippen LogP contribution in [0, 0.1) is 0 Å². The van der Waals surface area contributed by atoms with Crippen molar-refractivity contribution in [3.63, 3.8) is 0 Å². The number of aliphatic hydroxyl groups excluding tert-OH is 1. The first-order valence-electron chi connectivity index (χ1n) is 4.45. The lowest BCUT2D eigenvalue weighted by Crippen LogP contribution is -2.11. The van der Waals surface area contributed by atoms with Crippen LogP contribution in [-0.4, -0.2) is 18.3 Å². The molecule has 2 rings (SSSR count). The lowest BCUT2D eigenvalue weighted by atomic mass is 10.0. The fourth-order valence-electron chi connectivity index (χ4n) is 1.55. The van der Waals surface area contributed by atoms with E-state index in [1.165, 1.54) is 5.56 Å². The number of aliphatic hydroxyl groups is 1. The Morgan fingerprint density at radius 3 is 3.15 bits per heavy atom. The van der Waals surface area contributed by atoms with Crippen LogP contribution in [0.1, 0.15) is 17.2 Å². The minimum absolute atomic E-state index is 0.264. The van der Waals surface area contributed by atoms with Crippen molar-refractivity contribution >= 4 is 0 Å². The smallest absolute Gasteiger partial charge is 0.122 e. The van der Waals surface area contributed by atoms with E-state index in [0.29, 0.717) is 0 Å². The number of benzene rings is 1.